The van der Waals surface area contributed by atoms with E-state index in [1.807, 2.05) is 24.6 Å². The van der Waals surface area contributed by atoms with Gasteiger partial charge in [0.1, 0.15) is 5.82 Å². The highest BCUT2D eigenvalue weighted by Gasteiger charge is 2.16. The van der Waals surface area contributed by atoms with Gasteiger partial charge in [-0.3, -0.25) is 4.99 Å². The summed E-state index contributed by atoms with van der Waals surface area (Å²) in [5.74, 6) is 2.76. The van der Waals surface area contributed by atoms with Gasteiger partial charge in [-0.2, -0.15) is 0 Å². The monoisotopic (exact) mass is 399 g/mol. The van der Waals surface area contributed by atoms with E-state index < -0.39 is 0 Å². The fraction of sp³-hybridized carbons (Fsp3) is 0.545. The number of aliphatic imine (C=N–C) groups is 1. The number of hydrogen-bond donors (Lipinski definition) is 2. The fourth-order valence-corrected chi connectivity index (χ4v) is 4.53. The lowest BCUT2D eigenvalue weighted by Gasteiger charge is -2.31. The summed E-state index contributed by atoms with van der Waals surface area (Å²) in [6, 6.07) is 9.03. The predicted octanol–water partition coefficient (Wildman–Crippen LogP) is 3.98. The van der Waals surface area contributed by atoms with Gasteiger partial charge in [-0.15, -0.1) is 11.3 Å². The van der Waals surface area contributed by atoms with Gasteiger partial charge in [0.15, 0.2) is 5.96 Å². The Labute approximate surface area is 173 Å². The maximum Gasteiger partial charge on any atom is 0.191 e. The van der Waals surface area contributed by atoms with Crippen LogP contribution in [0.1, 0.15) is 42.0 Å². The van der Waals surface area contributed by atoms with E-state index in [4.69, 9.17) is 0 Å². The molecule has 3 rings (SSSR count). The van der Waals surface area contributed by atoms with Crippen LogP contribution in [0.5, 0.6) is 0 Å². The highest BCUT2D eigenvalue weighted by atomic mass is 32.1. The van der Waals surface area contributed by atoms with Gasteiger partial charge in [0.25, 0.3) is 0 Å². The van der Waals surface area contributed by atoms with Crippen molar-refractivity contribution in [1.29, 1.82) is 0 Å². The van der Waals surface area contributed by atoms with Crippen molar-refractivity contribution in [2.75, 3.05) is 25.0 Å². The zero-order valence-electron chi connectivity index (χ0n) is 17.5. The quantitative estimate of drug-likeness (QED) is 0.570. The lowest BCUT2D eigenvalue weighted by Crippen LogP contribution is -2.42. The van der Waals surface area contributed by atoms with Gasteiger partial charge in [-0.1, -0.05) is 13.0 Å². The van der Waals surface area contributed by atoms with E-state index in [1.54, 1.807) is 0 Å². The number of guanidine groups is 1. The van der Waals surface area contributed by atoms with E-state index >= 15 is 0 Å². The van der Waals surface area contributed by atoms with Crippen LogP contribution in [0.3, 0.4) is 0 Å². The lowest BCUT2D eigenvalue weighted by molar-refractivity contribution is 0.436. The van der Waals surface area contributed by atoms with Crippen LogP contribution in [0.2, 0.25) is 0 Å². The molecule has 2 N–H and O–H groups in total. The summed E-state index contributed by atoms with van der Waals surface area (Å²) in [5.41, 5.74) is 1.17. The molecule has 0 aromatic carbocycles. The number of aromatic nitrogens is 1. The summed E-state index contributed by atoms with van der Waals surface area (Å²) in [6.07, 6.45) is 5.50. The second-order valence-corrected chi connectivity index (χ2v) is 9.25. The highest BCUT2D eigenvalue weighted by Crippen LogP contribution is 2.21. The number of aryl methyl sites for hydroxylation is 1. The molecule has 1 atom stereocenters. The number of anilines is 1. The van der Waals surface area contributed by atoms with Crippen LogP contribution in [0.25, 0.3) is 0 Å². The first kappa shape index (κ1) is 20.6. The third-order valence-electron chi connectivity index (χ3n) is 5.29. The minimum absolute atomic E-state index is 0.325. The Morgan fingerprint density at radius 3 is 2.68 bits per heavy atom. The van der Waals surface area contributed by atoms with Gasteiger partial charge in [0.05, 0.1) is 0 Å². The third-order valence-corrected chi connectivity index (χ3v) is 6.31. The molecule has 0 saturated carbocycles. The second kappa shape index (κ2) is 9.92. The SMILES string of the molecule is CN=C(NCc1ccc(N2CCC(C)CC2)nc1)NC(C)Cc1ccc(C)s1. The van der Waals surface area contributed by atoms with E-state index in [0.29, 0.717) is 6.04 Å². The molecule has 3 heterocycles. The van der Waals surface area contributed by atoms with Gasteiger partial charge in [-0.25, -0.2) is 4.98 Å². The van der Waals surface area contributed by atoms with Crippen molar-refractivity contribution in [2.45, 2.75) is 52.6 Å². The minimum atomic E-state index is 0.325. The maximum absolute atomic E-state index is 4.68. The highest BCUT2D eigenvalue weighted by molar-refractivity contribution is 7.11. The number of rotatable bonds is 6. The summed E-state index contributed by atoms with van der Waals surface area (Å²) < 4.78 is 0. The molecular weight excluding hydrogens is 366 g/mol. The first-order chi connectivity index (χ1) is 13.5. The summed E-state index contributed by atoms with van der Waals surface area (Å²) in [6.45, 7) is 9.63. The zero-order chi connectivity index (χ0) is 19.9. The van der Waals surface area contributed by atoms with Crippen molar-refractivity contribution in [1.82, 2.24) is 15.6 Å². The molecule has 1 aliphatic heterocycles. The van der Waals surface area contributed by atoms with Crippen molar-refractivity contribution in [3.63, 3.8) is 0 Å². The average Bonchev–Trinajstić information content (AvgIpc) is 3.10. The van der Waals surface area contributed by atoms with Crippen molar-refractivity contribution in [2.24, 2.45) is 10.9 Å². The number of hydrogen-bond acceptors (Lipinski definition) is 4. The standard InChI is InChI=1S/C22H33N5S/c1-16-9-11-27(12-10-16)21-8-6-19(14-24-21)15-25-22(23-4)26-17(2)13-20-7-5-18(3)28-20/h5-8,14,16-17H,9-13,15H2,1-4H3,(H2,23,25,26). The Balaban J connectivity index is 1.46. The Bertz CT molecular complexity index is 759. The normalized spacial score (nSPS) is 16.9. The Morgan fingerprint density at radius 2 is 2.07 bits per heavy atom. The fourth-order valence-electron chi connectivity index (χ4n) is 3.51. The van der Waals surface area contributed by atoms with Gasteiger partial charge < -0.3 is 15.5 Å². The van der Waals surface area contributed by atoms with Gasteiger partial charge in [-0.05, 0) is 56.4 Å². The second-order valence-electron chi connectivity index (χ2n) is 7.88. The van der Waals surface area contributed by atoms with Gasteiger partial charge in [0, 0.05) is 55.1 Å². The van der Waals surface area contributed by atoms with Crippen LogP contribution in [-0.4, -0.2) is 37.1 Å². The van der Waals surface area contributed by atoms with Gasteiger partial charge >= 0.3 is 0 Å². The van der Waals surface area contributed by atoms with Crippen molar-refractivity contribution in [3.05, 3.63) is 45.8 Å². The molecule has 152 valence electrons. The molecule has 2 aromatic heterocycles. The maximum atomic E-state index is 4.68. The molecule has 0 radical (unpaired) electrons. The van der Waals surface area contributed by atoms with Crippen molar-refractivity contribution in [3.8, 4) is 0 Å². The molecule has 1 saturated heterocycles. The predicted molar refractivity (Wildman–Crippen MR) is 120 cm³/mol. The molecule has 0 bridgehead atoms. The number of thiophene rings is 1. The lowest BCUT2D eigenvalue weighted by atomic mass is 9.99. The Kier molecular flexibility index (Phi) is 7.31. The van der Waals surface area contributed by atoms with Crippen molar-refractivity contribution < 1.29 is 0 Å². The van der Waals surface area contributed by atoms with Crippen LogP contribution < -0.4 is 15.5 Å². The van der Waals surface area contributed by atoms with Crippen LogP contribution in [0, 0.1) is 12.8 Å². The summed E-state index contributed by atoms with van der Waals surface area (Å²) in [7, 11) is 1.82. The molecule has 1 unspecified atom stereocenters. The van der Waals surface area contributed by atoms with E-state index in [2.05, 4.69) is 70.5 Å². The molecule has 1 fully saturated rings. The van der Waals surface area contributed by atoms with E-state index in [-0.39, 0.29) is 0 Å². The number of nitrogens with zero attached hydrogens (tertiary/aromatic N) is 3. The molecule has 0 spiro atoms. The molecule has 1 aliphatic rings. The summed E-state index contributed by atoms with van der Waals surface area (Å²) in [4.78, 5) is 14.2. The van der Waals surface area contributed by atoms with E-state index in [1.165, 1.54) is 28.2 Å². The smallest absolute Gasteiger partial charge is 0.191 e. The zero-order valence-corrected chi connectivity index (χ0v) is 18.4. The topological polar surface area (TPSA) is 52.6 Å². The van der Waals surface area contributed by atoms with Crippen LogP contribution in [0.15, 0.2) is 35.5 Å². The molecule has 5 nitrogen and oxygen atoms in total. The number of piperidine rings is 1. The molecule has 6 heteroatoms. The molecular formula is C22H33N5S. The Morgan fingerprint density at radius 1 is 1.29 bits per heavy atom. The van der Waals surface area contributed by atoms with Crippen molar-refractivity contribution >= 4 is 23.1 Å². The van der Waals surface area contributed by atoms with Crippen LogP contribution in [0.4, 0.5) is 5.82 Å². The summed E-state index contributed by atoms with van der Waals surface area (Å²) >= 11 is 1.86. The first-order valence-corrected chi connectivity index (χ1v) is 11.1. The number of pyridine rings is 1. The van der Waals surface area contributed by atoms with E-state index in [0.717, 1.165) is 43.8 Å². The van der Waals surface area contributed by atoms with E-state index in [9.17, 15) is 0 Å². The Hall–Kier alpha value is -2.08. The van der Waals surface area contributed by atoms with Crippen LogP contribution in [-0.2, 0) is 13.0 Å². The molecule has 2 aromatic rings. The third kappa shape index (κ3) is 5.96. The number of nitrogens with one attached hydrogen (secondary N) is 2. The largest absolute Gasteiger partial charge is 0.357 e. The molecule has 0 amide bonds. The average molecular weight is 400 g/mol. The molecule has 28 heavy (non-hydrogen) atoms. The van der Waals surface area contributed by atoms with Gasteiger partial charge in [0.2, 0.25) is 0 Å². The molecule has 0 aliphatic carbocycles. The minimum Gasteiger partial charge on any atom is -0.357 e. The summed E-state index contributed by atoms with van der Waals surface area (Å²) in [5, 5.41) is 6.88. The van der Waals surface area contributed by atoms with Crippen LogP contribution >= 0.6 is 11.3 Å². The first-order valence-electron chi connectivity index (χ1n) is 10.3.